The molecule has 8 nitrogen and oxygen atoms in total. The first-order valence-electron chi connectivity index (χ1n) is 10.7. The second-order valence-corrected chi connectivity index (χ2v) is 9.76. The second kappa shape index (κ2) is 11.6. The maximum atomic E-state index is 13.4. The van der Waals surface area contributed by atoms with Crippen molar-refractivity contribution in [2.75, 3.05) is 23.7 Å². The molecular formula is C24H31N3O5S. The van der Waals surface area contributed by atoms with Gasteiger partial charge in [-0.2, -0.15) is 0 Å². The summed E-state index contributed by atoms with van der Waals surface area (Å²) < 4.78 is 26.1. The average Bonchev–Trinajstić information content (AvgIpc) is 2.78. The first-order valence-corrected chi connectivity index (χ1v) is 12.6. The zero-order valence-electron chi connectivity index (χ0n) is 19.4. The van der Waals surface area contributed by atoms with Gasteiger partial charge in [-0.15, -0.1) is 0 Å². The van der Waals surface area contributed by atoms with Crippen LogP contribution < -0.4 is 9.62 Å². The smallest absolute Gasteiger partial charge is 0.244 e. The quantitative estimate of drug-likeness (QED) is 0.505. The Balaban J connectivity index is 2.38. The Bertz CT molecular complexity index is 1090. The highest BCUT2D eigenvalue weighted by Crippen LogP contribution is 2.21. The fraction of sp³-hybridized carbons (Fsp3) is 0.375. The molecule has 0 heterocycles. The summed E-state index contributed by atoms with van der Waals surface area (Å²) in [5.41, 5.74) is 1.36. The Labute approximate surface area is 195 Å². The van der Waals surface area contributed by atoms with Crippen LogP contribution in [0.3, 0.4) is 0 Å². The lowest BCUT2D eigenvalue weighted by Crippen LogP contribution is -2.51. The minimum absolute atomic E-state index is 0.144. The molecule has 1 atom stereocenters. The first-order chi connectivity index (χ1) is 15.5. The number of carbonyl (C=O) groups is 3. The van der Waals surface area contributed by atoms with Gasteiger partial charge in [0.2, 0.25) is 21.8 Å². The van der Waals surface area contributed by atoms with Crippen LogP contribution in [0.25, 0.3) is 0 Å². The topological polar surface area (TPSA) is 104 Å². The summed E-state index contributed by atoms with van der Waals surface area (Å²) in [6.45, 7) is 5.05. The van der Waals surface area contributed by atoms with Gasteiger partial charge in [0, 0.05) is 18.7 Å². The summed E-state index contributed by atoms with van der Waals surface area (Å²) >= 11 is 0. The van der Waals surface area contributed by atoms with Crippen LogP contribution in [0.5, 0.6) is 0 Å². The lowest BCUT2D eigenvalue weighted by Gasteiger charge is -2.31. The molecule has 1 N–H and O–H groups in total. The van der Waals surface area contributed by atoms with Gasteiger partial charge in [0.25, 0.3) is 0 Å². The van der Waals surface area contributed by atoms with E-state index in [1.807, 2.05) is 37.3 Å². The molecule has 9 heteroatoms. The van der Waals surface area contributed by atoms with E-state index in [2.05, 4.69) is 5.32 Å². The molecule has 2 aromatic rings. The van der Waals surface area contributed by atoms with E-state index in [9.17, 15) is 22.8 Å². The highest BCUT2D eigenvalue weighted by Gasteiger charge is 2.30. The molecule has 0 aliphatic rings. The molecule has 0 fully saturated rings. The molecule has 2 aromatic carbocycles. The standard InChI is InChI=1S/C24H31N3O5S/c1-5-14-25-24(30)18(2)26(16-20-10-7-6-8-11-20)23(29)17-27(33(4,31)32)22-13-9-12-21(15-22)19(3)28/h6-13,15,18H,5,14,16-17H2,1-4H3,(H,25,30)/t18-/m1/s1. The summed E-state index contributed by atoms with van der Waals surface area (Å²) in [4.78, 5) is 39.2. The third kappa shape index (κ3) is 7.42. The number of Topliss-reactive ketones (excluding diaryl/α,β-unsaturated/α-hetero) is 1. The number of sulfonamides is 1. The lowest BCUT2D eigenvalue weighted by molar-refractivity contribution is -0.139. The number of nitrogens with zero attached hydrogens (tertiary/aromatic N) is 2. The van der Waals surface area contributed by atoms with Crippen molar-refractivity contribution in [3.8, 4) is 0 Å². The van der Waals surface area contributed by atoms with E-state index < -0.39 is 28.5 Å². The summed E-state index contributed by atoms with van der Waals surface area (Å²) in [6.07, 6.45) is 1.75. The molecule has 0 aromatic heterocycles. The number of hydrogen-bond donors (Lipinski definition) is 1. The van der Waals surface area contributed by atoms with Gasteiger partial charge in [0.15, 0.2) is 5.78 Å². The molecule has 178 valence electrons. The Morgan fingerprint density at radius 3 is 2.27 bits per heavy atom. The van der Waals surface area contributed by atoms with Crippen molar-refractivity contribution in [2.45, 2.75) is 39.8 Å². The van der Waals surface area contributed by atoms with Crippen molar-refractivity contribution < 1.29 is 22.8 Å². The van der Waals surface area contributed by atoms with E-state index in [1.165, 1.54) is 24.0 Å². The number of nitrogens with one attached hydrogen (secondary N) is 1. The zero-order chi connectivity index (χ0) is 24.6. The van der Waals surface area contributed by atoms with E-state index in [0.29, 0.717) is 12.1 Å². The molecule has 0 saturated carbocycles. The number of amides is 2. The van der Waals surface area contributed by atoms with Gasteiger partial charge in [0.05, 0.1) is 11.9 Å². The van der Waals surface area contributed by atoms with Crippen molar-refractivity contribution in [1.29, 1.82) is 0 Å². The number of rotatable bonds is 11. The van der Waals surface area contributed by atoms with Gasteiger partial charge in [0.1, 0.15) is 12.6 Å². The first kappa shape index (κ1) is 26.1. The maximum absolute atomic E-state index is 13.4. The molecule has 0 spiro atoms. The third-order valence-electron chi connectivity index (χ3n) is 5.13. The summed E-state index contributed by atoms with van der Waals surface area (Å²) in [5, 5.41) is 2.79. The highest BCUT2D eigenvalue weighted by molar-refractivity contribution is 7.92. The molecule has 0 radical (unpaired) electrons. The van der Waals surface area contributed by atoms with E-state index in [-0.39, 0.29) is 23.9 Å². The predicted molar refractivity (Wildman–Crippen MR) is 128 cm³/mol. The number of benzene rings is 2. The minimum atomic E-state index is -3.85. The normalized spacial score (nSPS) is 12.0. The van der Waals surface area contributed by atoms with Crippen molar-refractivity contribution in [1.82, 2.24) is 10.2 Å². The monoisotopic (exact) mass is 473 g/mol. The van der Waals surface area contributed by atoms with Crippen molar-refractivity contribution in [3.05, 3.63) is 65.7 Å². The summed E-state index contributed by atoms with van der Waals surface area (Å²) in [5.74, 6) is -1.06. The maximum Gasteiger partial charge on any atom is 0.244 e. The Morgan fingerprint density at radius 2 is 1.70 bits per heavy atom. The van der Waals surface area contributed by atoms with Gasteiger partial charge in [-0.25, -0.2) is 8.42 Å². The molecule has 2 rings (SSSR count). The number of anilines is 1. The third-order valence-corrected chi connectivity index (χ3v) is 6.27. The Hall–Kier alpha value is -3.20. The fourth-order valence-corrected chi connectivity index (χ4v) is 4.09. The van der Waals surface area contributed by atoms with Crippen LogP contribution in [0.15, 0.2) is 54.6 Å². The second-order valence-electron chi connectivity index (χ2n) is 7.85. The SMILES string of the molecule is CCCNC(=O)[C@@H](C)N(Cc1ccccc1)C(=O)CN(c1cccc(C(C)=O)c1)S(C)(=O)=O. The van der Waals surface area contributed by atoms with Crippen molar-refractivity contribution in [2.24, 2.45) is 0 Å². The predicted octanol–water partition coefficient (Wildman–Crippen LogP) is 2.60. The van der Waals surface area contributed by atoms with Crippen LogP contribution in [-0.2, 0) is 26.2 Å². The average molecular weight is 474 g/mol. The largest absolute Gasteiger partial charge is 0.354 e. The van der Waals surface area contributed by atoms with Gasteiger partial charge in [-0.1, -0.05) is 49.4 Å². The minimum Gasteiger partial charge on any atom is -0.354 e. The van der Waals surface area contributed by atoms with E-state index in [1.54, 1.807) is 19.1 Å². The number of carbonyl (C=O) groups excluding carboxylic acids is 3. The molecule has 0 aliphatic heterocycles. The van der Waals surface area contributed by atoms with Crippen LogP contribution in [0.2, 0.25) is 0 Å². The highest BCUT2D eigenvalue weighted by atomic mass is 32.2. The van der Waals surface area contributed by atoms with E-state index in [0.717, 1.165) is 22.5 Å². The molecule has 0 unspecified atom stereocenters. The summed E-state index contributed by atoms with van der Waals surface area (Å²) in [7, 11) is -3.85. The van der Waals surface area contributed by atoms with Crippen molar-refractivity contribution in [3.63, 3.8) is 0 Å². The van der Waals surface area contributed by atoms with Crippen molar-refractivity contribution >= 4 is 33.3 Å². The molecule has 2 amide bonds. The van der Waals surface area contributed by atoms with Crippen LogP contribution in [0.4, 0.5) is 5.69 Å². The van der Waals surface area contributed by atoms with Crippen LogP contribution in [-0.4, -0.2) is 56.3 Å². The van der Waals surface area contributed by atoms with Crippen LogP contribution in [0.1, 0.15) is 43.1 Å². The van der Waals surface area contributed by atoms with E-state index >= 15 is 0 Å². The van der Waals surface area contributed by atoms with Gasteiger partial charge < -0.3 is 10.2 Å². The van der Waals surface area contributed by atoms with Crippen LogP contribution in [0, 0.1) is 0 Å². The molecule has 0 aliphatic carbocycles. The molecule has 33 heavy (non-hydrogen) atoms. The Kier molecular flexibility index (Phi) is 9.16. The number of hydrogen-bond acceptors (Lipinski definition) is 5. The molecular weight excluding hydrogens is 442 g/mol. The van der Waals surface area contributed by atoms with Crippen LogP contribution >= 0.6 is 0 Å². The molecule has 0 saturated heterocycles. The molecule has 0 bridgehead atoms. The summed E-state index contributed by atoms with van der Waals surface area (Å²) in [6, 6.07) is 14.5. The van der Waals surface area contributed by atoms with Gasteiger partial charge in [-0.3, -0.25) is 18.7 Å². The fourth-order valence-electron chi connectivity index (χ4n) is 3.25. The number of ketones is 1. The Morgan fingerprint density at radius 1 is 1.03 bits per heavy atom. The zero-order valence-corrected chi connectivity index (χ0v) is 20.3. The van der Waals surface area contributed by atoms with Gasteiger partial charge in [-0.05, 0) is 38.0 Å². The lowest BCUT2D eigenvalue weighted by atomic mass is 10.1. The van der Waals surface area contributed by atoms with E-state index in [4.69, 9.17) is 0 Å². The van der Waals surface area contributed by atoms with Gasteiger partial charge >= 0.3 is 0 Å².